The summed E-state index contributed by atoms with van der Waals surface area (Å²) in [5.74, 6) is -1.02. The van der Waals surface area contributed by atoms with Gasteiger partial charge >= 0.3 is 0 Å². The number of aryl methyl sites for hydroxylation is 2. The van der Waals surface area contributed by atoms with Crippen LogP contribution in [0.3, 0.4) is 0 Å². The van der Waals surface area contributed by atoms with Crippen LogP contribution < -0.4 is 16.8 Å². The van der Waals surface area contributed by atoms with Crippen molar-refractivity contribution < 1.29 is 18.0 Å². The van der Waals surface area contributed by atoms with Crippen LogP contribution >= 0.6 is 11.3 Å². The van der Waals surface area contributed by atoms with Crippen LogP contribution in [0.15, 0.2) is 53.1 Å². The third kappa shape index (κ3) is 9.28. The summed E-state index contributed by atoms with van der Waals surface area (Å²) >= 11 is 1.40. The number of thiazole rings is 1. The third-order valence-corrected chi connectivity index (χ3v) is 6.42. The van der Waals surface area contributed by atoms with Crippen LogP contribution in [0.25, 0.3) is 0 Å². The smallest absolute Gasteiger partial charge is 0.280 e. The Labute approximate surface area is 203 Å². The Morgan fingerprint density at radius 1 is 1.18 bits per heavy atom. The minimum absolute atomic E-state index is 0.0291. The van der Waals surface area contributed by atoms with Crippen LogP contribution in [0.1, 0.15) is 40.3 Å². The van der Waals surface area contributed by atoms with E-state index in [1.54, 1.807) is 24.3 Å². The number of amides is 2. The minimum atomic E-state index is -3.08. The summed E-state index contributed by atoms with van der Waals surface area (Å²) in [6.45, 7) is 3.32. The van der Waals surface area contributed by atoms with Gasteiger partial charge in [-0.3, -0.25) is 9.59 Å². The lowest BCUT2D eigenvalue weighted by Crippen LogP contribution is -2.24. The van der Waals surface area contributed by atoms with E-state index < -0.39 is 15.7 Å². The highest BCUT2D eigenvalue weighted by Gasteiger charge is 2.14. The normalized spacial score (nSPS) is 12.0. The predicted octanol–water partition coefficient (Wildman–Crippen LogP) is 2.39. The molecule has 5 N–H and O–H groups in total. The van der Waals surface area contributed by atoms with Gasteiger partial charge in [-0.05, 0) is 43.0 Å². The molecule has 0 aliphatic heterocycles. The predicted molar refractivity (Wildman–Crippen MR) is 137 cm³/mol. The highest BCUT2D eigenvalue weighted by molar-refractivity contribution is 7.90. The molecule has 11 heteroatoms. The number of allylic oxidation sites excluding steroid dienone is 3. The largest absolute Gasteiger partial charge is 0.370 e. The van der Waals surface area contributed by atoms with Gasteiger partial charge in [0.1, 0.15) is 0 Å². The van der Waals surface area contributed by atoms with Crippen molar-refractivity contribution in [3.05, 3.63) is 69.8 Å². The Kier molecular flexibility index (Phi) is 9.69. The lowest BCUT2D eigenvalue weighted by Gasteiger charge is -2.05. The van der Waals surface area contributed by atoms with Crippen molar-refractivity contribution in [3.63, 3.8) is 0 Å². The zero-order chi connectivity index (χ0) is 25.3. The third-order valence-electron chi connectivity index (χ3n) is 4.61. The number of nitrogens with one attached hydrogen (secondary N) is 1. The second-order valence-corrected chi connectivity index (χ2v) is 10.9. The second kappa shape index (κ2) is 12.2. The molecule has 0 fully saturated rings. The van der Waals surface area contributed by atoms with Crippen molar-refractivity contribution in [2.24, 2.45) is 16.5 Å². The van der Waals surface area contributed by atoms with E-state index in [4.69, 9.17) is 11.5 Å². The number of guanidine groups is 1. The molecule has 0 aliphatic rings. The number of carbonyl (C=O) groups excluding carboxylic acids is 2. The van der Waals surface area contributed by atoms with Crippen molar-refractivity contribution in [3.8, 4) is 0 Å². The number of nitrogens with two attached hydrogens (primary N) is 2. The number of aliphatic imine (C=N–C) groups is 1. The summed E-state index contributed by atoms with van der Waals surface area (Å²) < 4.78 is 22.8. The zero-order valence-electron chi connectivity index (χ0n) is 19.4. The van der Waals surface area contributed by atoms with E-state index >= 15 is 0 Å². The first-order valence-electron chi connectivity index (χ1n) is 10.5. The van der Waals surface area contributed by atoms with Gasteiger partial charge in [0, 0.05) is 30.0 Å². The van der Waals surface area contributed by atoms with Gasteiger partial charge in [-0.25, -0.2) is 13.4 Å². The molecule has 0 saturated heterocycles. The average molecular weight is 504 g/mol. The number of hydrogen-bond donors (Lipinski definition) is 3. The Bertz CT molecular complexity index is 1220. The molecule has 182 valence electrons. The Hall–Kier alpha value is -3.31. The number of sulfone groups is 1. The maximum absolute atomic E-state index is 11.9. The molecule has 0 spiro atoms. The SMILES string of the molecule is C/C=C(\C=C/CS(C)(=O)=O)Cc1sc(NC(C)=O)nc1CCc1ccc(C(=O)N=C(N)N)cc1. The van der Waals surface area contributed by atoms with Gasteiger partial charge < -0.3 is 16.8 Å². The average Bonchev–Trinajstić information content (AvgIpc) is 3.10. The van der Waals surface area contributed by atoms with Crippen molar-refractivity contribution in [2.75, 3.05) is 17.3 Å². The van der Waals surface area contributed by atoms with Gasteiger partial charge in [-0.2, -0.15) is 4.99 Å². The number of nitrogens with zero attached hydrogens (tertiary/aromatic N) is 2. The van der Waals surface area contributed by atoms with Crippen LogP contribution in [-0.2, 0) is 33.9 Å². The first-order valence-corrected chi connectivity index (χ1v) is 13.3. The maximum atomic E-state index is 11.9. The van der Waals surface area contributed by atoms with Crippen molar-refractivity contribution in [1.29, 1.82) is 0 Å². The van der Waals surface area contributed by atoms with Crippen LogP contribution in [-0.4, -0.2) is 43.2 Å². The fourth-order valence-corrected chi connectivity index (χ4v) is 4.53. The van der Waals surface area contributed by atoms with E-state index in [2.05, 4.69) is 15.3 Å². The van der Waals surface area contributed by atoms with Gasteiger partial charge in [0.25, 0.3) is 5.91 Å². The molecule has 0 radical (unpaired) electrons. The molecule has 0 unspecified atom stereocenters. The van der Waals surface area contributed by atoms with E-state index in [-0.39, 0.29) is 17.6 Å². The van der Waals surface area contributed by atoms with Crippen LogP contribution in [0, 0.1) is 0 Å². The number of carbonyl (C=O) groups is 2. The quantitative estimate of drug-likeness (QED) is 0.255. The van der Waals surface area contributed by atoms with E-state index in [0.29, 0.717) is 30.0 Å². The van der Waals surface area contributed by atoms with E-state index in [1.807, 2.05) is 25.1 Å². The molecule has 0 aliphatic carbocycles. The van der Waals surface area contributed by atoms with Crippen molar-refractivity contribution in [1.82, 2.24) is 4.98 Å². The topological polar surface area (TPSA) is 158 Å². The molecule has 2 rings (SSSR count). The molecule has 2 amide bonds. The molecule has 1 heterocycles. The van der Waals surface area contributed by atoms with Crippen LogP contribution in [0.4, 0.5) is 5.13 Å². The van der Waals surface area contributed by atoms with Gasteiger partial charge in [0.15, 0.2) is 20.9 Å². The number of hydrogen-bond acceptors (Lipinski definition) is 6. The molecule has 34 heavy (non-hydrogen) atoms. The lowest BCUT2D eigenvalue weighted by atomic mass is 10.0. The number of anilines is 1. The molecule has 0 atom stereocenters. The van der Waals surface area contributed by atoms with Crippen LogP contribution in [0.5, 0.6) is 0 Å². The Morgan fingerprint density at radius 2 is 1.85 bits per heavy atom. The molecule has 2 aromatic rings. The van der Waals surface area contributed by atoms with Gasteiger partial charge in [-0.1, -0.05) is 30.4 Å². The fraction of sp³-hybridized carbons (Fsp3) is 0.304. The van der Waals surface area contributed by atoms with E-state index in [0.717, 1.165) is 21.7 Å². The molecular formula is C23H29N5O4S2. The molecule has 1 aromatic carbocycles. The standard InChI is InChI=1S/C23H29N5O4S2/c1-4-16(6-5-13-34(3,31)32)14-20-19(27-23(33-20)26-15(2)29)12-9-17-7-10-18(11-8-17)21(30)28-22(24)25/h4-8,10-11H,9,12-14H2,1-3H3,(H,26,27,29)(H4,24,25,28,30)/b6-5-,16-4+. The summed E-state index contributed by atoms with van der Waals surface area (Å²) in [6, 6.07) is 7.00. The van der Waals surface area contributed by atoms with E-state index in [1.165, 1.54) is 24.5 Å². The Morgan fingerprint density at radius 3 is 2.41 bits per heavy atom. The summed E-state index contributed by atoms with van der Waals surface area (Å²) in [5.41, 5.74) is 13.7. The number of rotatable bonds is 10. The van der Waals surface area contributed by atoms with Gasteiger partial charge in [-0.15, -0.1) is 11.3 Å². The summed E-state index contributed by atoms with van der Waals surface area (Å²) in [4.78, 5) is 32.5. The second-order valence-electron chi connectivity index (χ2n) is 7.64. The fourth-order valence-electron chi connectivity index (χ4n) is 3.00. The first-order chi connectivity index (χ1) is 16.0. The zero-order valence-corrected chi connectivity index (χ0v) is 21.0. The maximum Gasteiger partial charge on any atom is 0.280 e. The molecule has 9 nitrogen and oxygen atoms in total. The first kappa shape index (κ1) is 26.9. The Balaban J connectivity index is 2.17. The van der Waals surface area contributed by atoms with Crippen LogP contribution in [0.2, 0.25) is 0 Å². The molecule has 0 saturated carbocycles. The van der Waals surface area contributed by atoms with E-state index in [9.17, 15) is 18.0 Å². The summed E-state index contributed by atoms with van der Waals surface area (Å²) in [7, 11) is -3.08. The number of benzene rings is 1. The molecule has 1 aromatic heterocycles. The van der Waals surface area contributed by atoms with Gasteiger partial charge in [0.2, 0.25) is 5.91 Å². The van der Waals surface area contributed by atoms with Gasteiger partial charge in [0.05, 0.1) is 11.4 Å². The lowest BCUT2D eigenvalue weighted by molar-refractivity contribution is -0.114. The molecular weight excluding hydrogens is 474 g/mol. The highest BCUT2D eigenvalue weighted by atomic mass is 32.2. The molecule has 0 bridgehead atoms. The highest BCUT2D eigenvalue weighted by Crippen LogP contribution is 2.27. The minimum Gasteiger partial charge on any atom is -0.370 e. The summed E-state index contributed by atoms with van der Waals surface area (Å²) in [6.07, 6.45) is 8.40. The summed E-state index contributed by atoms with van der Waals surface area (Å²) in [5, 5.41) is 3.25. The number of aromatic nitrogens is 1. The monoisotopic (exact) mass is 503 g/mol. The van der Waals surface area contributed by atoms with Crippen molar-refractivity contribution >= 4 is 44.1 Å². The van der Waals surface area contributed by atoms with Crippen molar-refractivity contribution in [2.45, 2.75) is 33.1 Å².